The zero-order chi connectivity index (χ0) is 19.4. The molecule has 3 aromatic rings. The number of carbonyl (C=O) groups is 1. The quantitative estimate of drug-likeness (QED) is 0.309. The maximum Gasteiger partial charge on any atom is 0.175 e. The molecule has 2 aromatic heterocycles. The van der Waals surface area contributed by atoms with Gasteiger partial charge in [0.1, 0.15) is 0 Å². The van der Waals surface area contributed by atoms with Crippen molar-refractivity contribution in [2.45, 2.75) is 45.4 Å². The number of hydrogen-bond donors (Lipinski definition) is 0. The Bertz CT molecular complexity index is 942. The Labute approximate surface area is 164 Å². The number of hydrogen-bond acceptors (Lipinski definition) is 4. The second kappa shape index (κ2) is 8.76. The van der Waals surface area contributed by atoms with Crippen molar-refractivity contribution in [2.24, 2.45) is 0 Å². The van der Waals surface area contributed by atoms with Gasteiger partial charge in [0.15, 0.2) is 10.9 Å². The number of ketones is 1. The molecule has 0 amide bonds. The van der Waals surface area contributed by atoms with Crippen LogP contribution in [0.4, 0.5) is 0 Å². The van der Waals surface area contributed by atoms with E-state index in [0.717, 1.165) is 59.3 Å². The number of thioether (sulfide) groups is 1. The van der Waals surface area contributed by atoms with Gasteiger partial charge < -0.3 is 13.9 Å². The predicted octanol–water partition coefficient (Wildman–Crippen LogP) is 4.49. The van der Waals surface area contributed by atoms with E-state index < -0.39 is 0 Å². The van der Waals surface area contributed by atoms with E-state index in [-0.39, 0.29) is 5.78 Å². The number of benzene rings is 1. The number of rotatable bonds is 9. The lowest BCUT2D eigenvalue weighted by atomic mass is 10.2. The molecule has 5 nitrogen and oxygen atoms in total. The zero-order valence-corrected chi connectivity index (χ0v) is 17.3. The first kappa shape index (κ1) is 19.7. The van der Waals surface area contributed by atoms with Crippen LogP contribution in [0.15, 0.2) is 35.5 Å². The minimum Gasteiger partial charge on any atom is -0.385 e. The van der Waals surface area contributed by atoms with Crippen LogP contribution in [0.3, 0.4) is 0 Å². The van der Waals surface area contributed by atoms with Crippen LogP contribution in [0.2, 0.25) is 0 Å². The lowest BCUT2D eigenvalue weighted by Crippen LogP contribution is -2.08. The first-order chi connectivity index (χ1) is 13.1. The molecule has 0 saturated heterocycles. The number of para-hydroxylation sites is 2. The van der Waals surface area contributed by atoms with E-state index >= 15 is 0 Å². The molecule has 6 heteroatoms. The van der Waals surface area contributed by atoms with Crippen LogP contribution in [-0.2, 0) is 17.8 Å². The SMILES string of the molecule is CCn1c(SCC(=O)c2cc(C)n(CCCOC)c2C)nc2ccccc21. The van der Waals surface area contributed by atoms with Crippen LogP contribution in [0, 0.1) is 13.8 Å². The Morgan fingerprint density at radius 1 is 1.22 bits per heavy atom. The Kier molecular flexibility index (Phi) is 6.39. The summed E-state index contributed by atoms with van der Waals surface area (Å²) in [5, 5.41) is 0.904. The van der Waals surface area contributed by atoms with Gasteiger partial charge >= 0.3 is 0 Å². The summed E-state index contributed by atoms with van der Waals surface area (Å²) in [7, 11) is 1.71. The number of ether oxygens (including phenoxy) is 1. The van der Waals surface area contributed by atoms with Crippen LogP contribution in [0.1, 0.15) is 35.1 Å². The van der Waals surface area contributed by atoms with E-state index in [1.54, 1.807) is 7.11 Å². The van der Waals surface area contributed by atoms with Crippen LogP contribution in [0.5, 0.6) is 0 Å². The molecule has 0 aliphatic heterocycles. The van der Waals surface area contributed by atoms with Crippen molar-refractivity contribution < 1.29 is 9.53 Å². The molecule has 0 bridgehead atoms. The fourth-order valence-electron chi connectivity index (χ4n) is 3.47. The minimum absolute atomic E-state index is 0.154. The van der Waals surface area contributed by atoms with Crippen molar-refractivity contribution in [2.75, 3.05) is 19.5 Å². The van der Waals surface area contributed by atoms with Gasteiger partial charge in [0, 0.05) is 43.8 Å². The van der Waals surface area contributed by atoms with Gasteiger partial charge in [-0.05, 0) is 45.4 Å². The highest BCUT2D eigenvalue weighted by Gasteiger charge is 2.17. The number of aryl methyl sites for hydroxylation is 2. The summed E-state index contributed by atoms with van der Waals surface area (Å²) in [6.45, 7) is 8.62. The van der Waals surface area contributed by atoms with Gasteiger partial charge in [0.25, 0.3) is 0 Å². The Morgan fingerprint density at radius 2 is 2.00 bits per heavy atom. The van der Waals surface area contributed by atoms with Crippen molar-refractivity contribution in [3.05, 3.63) is 47.3 Å². The molecule has 0 fully saturated rings. The van der Waals surface area contributed by atoms with E-state index in [1.807, 2.05) is 31.2 Å². The molecular formula is C21H27N3O2S. The van der Waals surface area contributed by atoms with Crippen LogP contribution in [-0.4, -0.2) is 39.4 Å². The molecule has 0 radical (unpaired) electrons. The summed E-state index contributed by atoms with van der Waals surface area (Å²) >= 11 is 1.52. The zero-order valence-electron chi connectivity index (χ0n) is 16.5. The Hall–Kier alpha value is -2.05. The average molecular weight is 386 g/mol. The van der Waals surface area contributed by atoms with Crippen LogP contribution in [0.25, 0.3) is 11.0 Å². The average Bonchev–Trinajstić information content (AvgIpc) is 3.17. The molecule has 0 aliphatic rings. The van der Waals surface area contributed by atoms with Gasteiger partial charge in [0.05, 0.1) is 16.8 Å². The number of Topliss-reactive ketones (excluding diaryl/α,β-unsaturated/α-hetero) is 1. The standard InChI is InChI=1S/C21H27N3O2S/c1-5-23-19-10-7-6-9-18(19)22-21(23)27-14-20(25)17-13-15(2)24(16(17)3)11-8-12-26-4/h6-7,9-10,13H,5,8,11-12,14H2,1-4H3. The number of aromatic nitrogens is 3. The lowest BCUT2D eigenvalue weighted by Gasteiger charge is -2.09. The molecule has 0 aliphatic carbocycles. The number of nitrogens with zero attached hydrogens (tertiary/aromatic N) is 3. The van der Waals surface area contributed by atoms with E-state index in [0.29, 0.717) is 5.75 Å². The fraction of sp³-hybridized carbons (Fsp3) is 0.429. The topological polar surface area (TPSA) is 49.0 Å². The van der Waals surface area contributed by atoms with Crippen molar-refractivity contribution in [1.29, 1.82) is 0 Å². The first-order valence-electron chi connectivity index (χ1n) is 9.33. The molecule has 0 spiro atoms. The van der Waals surface area contributed by atoms with Gasteiger partial charge in [-0.25, -0.2) is 4.98 Å². The largest absolute Gasteiger partial charge is 0.385 e. The molecule has 0 unspecified atom stereocenters. The maximum atomic E-state index is 12.9. The smallest absolute Gasteiger partial charge is 0.175 e. The summed E-state index contributed by atoms with van der Waals surface area (Å²) in [5.41, 5.74) is 5.07. The minimum atomic E-state index is 0.154. The van der Waals surface area contributed by atoms with E-state index in [4.69, 9.17) is 9.72 Å². The van der Waals surface area contributed by atoms with E-state index in [1.165, 1.54) is 11.8 Å². The molecule has 144 valence electrons. The van der Waals surface area contributed by atoms with Crippen LogP contribution < -0.4 is 0 Å². The highest BCUT2D eigenvalue weighted by atomic mass is 32.2. The first-order valence-corrected chi connectivity index (χ1v) is 10.3. The van der Waals surface area contributed by atoms with Gasteiger partial charge in [0.2, 0.25) is 0 Å². The normalized spacial score (nSPS) is 11.4. The lowest BCUT2D eigenvalue weighted by molar-refractivity contribution is 0.102. The monoisotopic (exact) mass is 385 g/mol. The van der Waals surface area contributed by atoms with E-state index in [2.05, 4.69) is 29.0 Å². The number of methoxy groups -OCH3 is 1. The van der Waals surface area contributed by atoms with Crippen molar-refractivity contribution >= 4 is 28.6 Å². The molecule has 1 aromatic carbocycles. The Balaban J connectivity index is 1.74. The Morgan fingerprint density at radius 3 is 2.74 bits per heavy atom. The summed E-state index contributed by atoms with van der Waals surface area (Å²) in [4.78, 5) is 17.6. The molecule has 0 N–H and O–H groups in total. The molecule has 2 heterocycles. The fourth-order valence-corrected chi connectivity index (χ4v) is 4.43. The van der Waals surface area contributed by atoms with Crippen molar-refractivity contribution in [3.8, 4) is 0 Å². The molecule has 0 atom stereocenters. The molecular weight excluding hydrogens is 358 g/mol. The van der Waals surface area contributed by atoms with Gasteiger partial charge in [-0.1, -0.05) is 23.9 Å². The predicted molar refractivity (Wildman–Crippen MR) is 111 cm³/mol. The van der Waals surface area contributed by atoms with Gasteiger partial charge in [-0.3, -0.25) is 4.79 Å². The summed E-state index contributed by atoms with van der Waals surface area (Å²) in [5.74, 6) is 0.548. The van der Waals surface area contributed by atoms with Crippen molar-refractivity contribution in [1.82, 2.24) is 14.1 Å². The molecule has 0 saturated carbocycles. The third-order valence-electron chi connectivity index (χ3n) is 4.87. The van der Waals surface area contributed by atoms with Crippen molar-refractivity contribution in [3.63, 3.8) is 0 Å². The third-order valence-corrected chi connectivity index (χ3v) is 5.85. The number of imidazole rings is 1. The van der Waals surface area contributed by atoms with Gasteiger partial charge in [-0.2, -0.15) is 0 Å². The summed E-state index contributed by atoms with van der Waals surface area (Å²) < 4.78 is 9.51. The summed E-state index contributed by atoms with van der Waals surface area (Å²) in [6, 6.07) is 10.1. The number of fused-ring (bicyclic) bond motifs is 1. The highest BCUT2D eigenvalue weighted by molar-refractivity contribution is 7.99. The summed E-state index contributed by atoms with van der Waals surface area (Å²) in [6.07, 6.45) is 0.940. The van der Waals surface area contributed by atoms with Crippen LogP contribution >= 0.6 is 11.8 Å². The second-order valence-electron chi connectivity index (χ2n) is 6.62. The number of carbonyl (C=O) groups excluding carboxylic acids is 1. The molecule has 3 rings (SSSR count). The van der Waals surface area contributed by atoms with E-state index in [9.17, 15) is 4.79 Å². The van der Waals surface area contributed by atoms with Gasteiger partial charge in [-0.15, -0.1) is 0 Å². The highest BCUT2D eigenvalue weighted by Crippen LogP contribution is 2.26. The second-order valence-corrected chi connectivity index (χ2v) is 7.56. The molecule has 27 heavy (non-hydrogen) atoms. The maximum absolute atomic E-state index is 12.9. The third kappa shape index (κ3) is 4.12.